The Morgan fingerprint density at radius 3 is 2.30 bits per heavy atom. The summed E-state index contributed by atoms with van der Waals surface area (Å²) >= 11 is 0. The minimum atomic E-state index is 0.969. The van der Waals surface area contributed by atoms with Gasteiger partial charge in [0.1, 0.15) is 11.5 Å². The van der Waals surface area contributed by atoms with E-state index in [2.05, 4.69) is 55.1 Å². The molecule has 0 fully saturated rings. The predicted molar refractivity (Wildman–Crippen MR) is 97.8 cm³/mol. The van der Waals surface area contributed by atoms with Gasteiger partial charge in [0, 0.05) is 30.8 Å². The molecule has 0 unspecified atom stereocenters. The summed E-state index contributed by atoms with van der Waals surface area (Å²) in [6.45, 7) is 6.79. The third-order valence-corrected chi connectivity index (χ3v) is 4.57. The lowest BCUT2D eigenvalue weighted by Gasteiger charge is -2.30. The summed E-state index contributed by atoms with van der Waals surface area (Å²) in [6.07, 6.45) is 5.92. The molecule has 0 spiro atoms. The SMILES string of the molecule is CCCCN(CCCC)c1cccc2c1Cc1ccccc1O2. The quantitative estimate of drug-likeness (QED) is 0.547. The van der Waals surface area contributed by atoms with E-state index in [4.69, 9.17) is 4.74 Å². The van der Waals surface area contributed by atoms with Gasteiger partial charge in [0.2, 0.25) is 0 Å². The monoisotopic (exact) mass is 309 g/mol. The first-order valence-corrected chi connectivity index (χ1v) is 8.96. The summed E-state index contributed by atoms with van der Waals surface area (Å²) in [7, 11) is 0. The number of para-hydroxylation sites is 1. The smallest absolute Gasteiger partial charge is 0.133 e. The molecule has 3 rings (SSSR count). The molecule has 0 bridgehead atoms. The van der Waals surface area contributed by atoms with Crippen LogP contribution in [0.2, 0.25) is 0 Å². The van der Waals surface area contributed by atoms with Crippen LogP contribution in [0.1, 0.15) is 50.7 Å². The second-order valence-corrected chi connectivity index (χ2v) is 6.33. The molecule has 0 aromatic heterocycles. The summed E-state index contributed by atoms with van der Waals surface area (Å²) in [6, 6.07) is 14.9. The molecule has 2 heteroatoms. The fourth-order valence-electron chi connectivity index (χ4n) is 3.23. The Bertz CT molecular complexity index is 642. The number of fused-ring (bicyclic) bond motifs is 2. The van der Waals surface area contributed by atoms with Crippen molar-refractivity contribution in [2.24, 2.45) is 0 Å². The minimum absolute atomic E-state index is 0.969. The Morgan fingerprint density at radius 1 is 0.870 bits per heavy atom. The topological polar surface area (TPSA) is 12.5 Å². The van der Waals surface area contributed by atoms with E-state index >= 15 is 0 Å². The van der Waals surface area contributed by atoms with Gasteiger partial charge in [-0.25, -0.2) is 0 Å². The number of hydrogen-bond donors (Lipinski definition) is 0. The maximum absolute atomic E-state index is 6.15. The molecule has 0 amide bonds. The molecule has 0 aliphatic carbocycles. The first-order valence-electron chi connectivity index (χ1n) is 8.96. The van der Waals surface area contributed by atoms with Gasteiger partial charge in [0.05, 0.1) is 0 Å². The summed E-state index contributed by atoms with van der Waals surface area (Å²) in [5, 5.41) is 0. The Labute approximate surface area is 140 Å². The van der Waals surface area contributed by atoms with Gasteiger partial charge in [0.15, 0.2) is 0 Å². The predicted octanol–water partition coefficient (Wildman–Crippen LogP) is 5.79. The molecule has 122 valence electrons. The van der Waals surface area contributed by atoms with Gasteiger partial charge in [-0.05, 0) is 36.6 Å². The number of ether oxygens (including phenoxy) is 1. The largest absolute Gasteiger partial charge is 0.457 e. The van der Waals surface area contributed by atoms with Gasteiger partial charge in [-0.15, -0.1) is 0 Å². The van der Waals surface area contributed by atoms with Crippen molar-refractivity contribution in [1.29, 1.82) is 0 Å². The van der Waals surface area contributed by atoms with Crippen LogP contribution < -0.4 is 9.64 Å². The molecule has 2 aromatic carbocycles. The molecule has 0 saturated carbocycles. The second-order valence-electron chi connectivity index (χ2n) is 6.33. The fourth-order valence-corrected chi connectivity index (χ4v) is 3.23. The van der Waals surface area contributed by atoms with Crippen molar-refractivity contribution in [3.63, 3.8) is 0 Å². The normalized spacial score (nSPS) is 12.3. The number of anilines is 1. The van der Waals surface area contributed by atoms with E-state index in [0.29, 0.717) is 0 Å². The number of benzene rings is 2. The third kappa shape index (κ3) is 3.52. The molecule has 1 aliphatic rings. The van der Waals surface area contributed by atoms with Crippen molar-refractivity contribution in [3.05, 3.63) is 53.6 Å². The summed E-state index contributed by atoms with van der Waals surface area (Å²) in [4.78, 5) is 2.56. The van der Waals surface area contributed by atoms with Crippen LogP contribution in [-0.4, -0.2) is 13.1 Å². The van der Waals surface area contributed by atoms with Gasteiger partial charge < -0.3 is 9.64 Å². The Morgan fingerprint density at radius 2 is 1.57 bits per heavy atom. The first-order chi connectivity index (χ1) is 11.3. The van der Waals surface area contributed by atoms with Crippen molar-refractivity contribution >= 4 is 5.69 Å². The Hall–Kier alpha value is -1.96. The zero-order valence-corrected chi connectivity index (χ0v) is 14.3. The molecule has 2 aromatic rings. The standard InChI is InChI=1S/C21H27NO/c1-3-5-14-22(15-6-4-2)19-11-9-13-21-18(19)16-17-10-7-8-12-20(17)23-21/h7-13H,3-6,14-16H2,1-2H3. The second kappa shape index (κ2) is 7.54. The highest BCUT2D eigenvalue weighted by Gasteiger charge is 2.21. The summed E-state index contributed by atoms with van der Waals surface area (Å²) in [5.74, 6) is 2.03. The highest BCUT2D eigenvalue weighted by Crippen LogP contribution is 2.41. The Kier molecular flexibility index (Phi) is 5.22. The van der Waals surface area contributed by atoms with Crippen molar-refractivity contribution in [2.45, 2.75) is 46.0 Å². The van der Waals surface area contributed by atoms with Crippen molar-refractivity contribution < 1.29 is 4.74 Å². The minimum Gasteiger partial charge on any atom is -0.457 e. The Balaban J connectivity index is 1.91. The van der Waals surface area contributed by atoms with Crippen molar-refractivity contribution in [2.75, 3.05) is 18.0 Å². The lowest BCUT2D eigenvalue weighted by atomic mass is 9.98. The van der Waals surface area contributed by atoms with Crippen LogP contribution in [0.25, 0.3) is 0 Å². The molecule has 0 N–H and O–H groups in total. The van der Waals surface area contributed by atoms with Crippen LogP contribution in [0.15, 0.2) is 42.5 Å². The van der Waals surface area contributed by atoms with Crippen molar-refractivity contribution in [1.82, 2.24) is 0 Å². The maximum atomic E-state index is 6.15. The highest BCUT2D eigenvalue weighted by molar-refractivity contribution is 5.64. The molecule has 2 nitrogen and oxygen atoms in total. The zero-order chi connectivity index (χ0) is 16.1. The molecule has 0 saturated heterocycles. The van der Waals surface area contributed by atoms with E-state index in [-0.39, 0.29) is 0 Å². The summed E-state index contributed by atoms with van der Waals surface area (Å²) in [5.41, 5.74) is 4.00. The lowest BCUT2D eigenvalue weighted by Crippen LogP contribution is -2.27. The van der Waals surface area contributed by atoms with E-state index in [1.165, 1.54) is 42.5 Å². The fraction of sp³-hybridized carbons (Fsp3) is 0.429. The maximum Gasteiger partial charge on any atom is 0.133 e. The molecule has 0 atom stereocenters. The van der Waals surface area contributed by atoms with E-state index in [9.17, 15) is 0 Å². The lowest BCUT2D eigenvalue weighted by molar-refractivity contribution is 0.459. The van der Waals surface area contributed by atoms with Crippen LogP contribution in [0.5, 0.6) is 11.5 Å². The van der Waals surface area contributed by atoms with Gasteiger partial charge in [-0.3, -0.25) is 0 Å². The molecular formula is C21H27NO. The van der Waals surface area contributed by atoms with Gasteiger partial charge >= 0.3 is 0 Å². The van der Waals surface area contributed by atoms with Crippen LogP contribution in [-0.2, 0) is 6.42 Å². The summed E-state index contributed by atoms with van der Waals surface area (Å²) < 4.78 is 6.15. The molecule has 0 radical (unpaired) electrons. The number of rotatable bonds is 7. The number of unbranched alkanes of at least 4 members (excludes halogenated alkanes) is 2. The van der Waals surface area contributed by atoms with E-state index in [1.807, 2.05) is 6.07 Å². The third-order valence-electron chi connectivity index (χ3n) is 4.57. The molecule has 23 heavy (non-hydrogen) atoms. The molecule has 1 heterocycles. The average Bonchev–Trinajstić information content (AvgIpc) is 2.60. The van der Waals surface area contributed by atoms with Crippen LogP contribution in [0.4, 0.5) is 5.69 Å². The van der Waals surface area contributed by atoms with Gasteiger partial charge in [0.25, 0.3) is 0 Å². The van der Waals surface area contributed by atoms with Gasteiger partial charge in [-0.1, -0.05) is 51.0 Å². The molecular weight excluding hydrogens is 282 g/mol. The first kappa shape index (κ1) is 15.9. The van der Waals surface area contributed by atoms with E-state index < -0.39 is 0 Å². The van der Waals surface area contributed by atoms with Crippen LogP contribution >= 0.6 is 0 Å². The van der Waals surface area contributed by atoms with Gasteiger partial charge in [-0.2, -0.15) is 0 Å². The van der Waals surface area contributed by atoms with E-state index in [1.54, 1.807) is 0 Å². The highest BCUT2D eigenvalue weighted by atomic mass is 16.5. The van der Waals surface area contributed by atoms with E-state index in [0.717, 1.165) is 31.0 Å². The number of hydrogen-bond acceptors (Lipinski definition) is 2. The zero-order valence-electron chi connectivity index (χ0n) is 14.3. The number of nitrogens with zero attached hydrogens (tertiary/aromatic N) is 1. The van der Waals surface area contributed by atoms with Crippen molar-refractivity contribution in [3.8, 4) is 11.5 Å². The molecule has 1 aliphatic heterocycles. The van der Waals surface area contributed by atoms with Crippen LogP contribution in [0.3, 0.4) is 0 Å². The van der Waals surface area contributed by atoms with Crippen LogP contribution in [0, 0.1) is 0 Å². The average molecular weight is 309 g/mol.